The van der Waals surface area contributed by atoms with Gasteiger partial charge >= 0.3 is 12.1 Å². The van der Waals surface area contributed by atoms with Crippen molar-refractivity contribution in [2.75, 3.05) is 20.3 Å². The minimum atomic E-state index is -0.981. The summed E-state index contributed by atoms with van der Waals surface area (Å²) in [5, 5.41) is 14.2. The van der Waals surface area contributed by atoms with Crippen molar-refractivity contribution in [1.82, 2.24) is 10.6 Å². The van der Waals surface area contributed by atoms with Crippen LogP contribution in [0.5, 0.6) is 0 Å². The largest absolute Gasteiger partial charge is 0.481 e. The van der Waals surface area contributed by atoms with E-state index in [0.717, 1.165) is 22.3 Å². The highest BCUT2D eigenvalue weighted by Gasteiger charge is 2.31. The number of carboxylic acids is 1. The second-order valence-corrected chi connectivity index (χ2v) is 8.21. The average Bonchev–Trinajstić information content (AvgIpc) is 3.14. The molecule has 0 aliphatic heterocycles. The highest BCUT2D eigenvalue weighted by molar-refractivity contribution is 5.86. The van der Waals surface area contributed by atoms with Gasteiger partial charge in [-0.15, -0.1) is 0 Å². The monoisotopic (exact) mass is 454 g/mol. The zero-order valence-corrected chi connectivity index (χ0v) is 19.0. The van der Waals surface area contributed by atoms with Gasteiger partial charge in [0.15, 0.2) is 0 Å². The van der Waals surface area contributed by atoms with Crippen LogP contribution in [0.4, 0.5) is 4.79 Å². The third-order valence-corrected chi connectivity index (χ3v) is 6.04. The van der Waals surface area contributed by atoms with E-state index in [1.54, 1.807) is 13.8 Å². The van der Waals surface area contributed by atoms with Gasteiger partial charge in [0, 0.05) is 19.6 Å². The Labute approximate surface area is 193 Å². The number of ether oxygens (including phenoxy) is 2. The fraction of sp³-hybridized carbons (Fsp3) is 0.400. The third-order valence-electron chi connectivity index (χ3n) is 6.04. The lowest BCUT2D eigenvalue weighted by atomic mass is 9.98. The molecular weight excluding hydrogens is 424 g/mol. The summed E-state index contributed by atoms with van der Waals surface area (Å²) in [6.45, 7) is 3.53. The highest BCUT2D eigenvalue weighted by Crippen LogP contribution is 2.44. The van der Waals surface area contributed by atoms with Crippen LogP contribution in [-0.4, -0.2) is 55.5 Å². The molecule has 3 atom stereocenters. The summed E-state index contributed by atoms with van der Waals surface area (Å²) in [6.07, 6.45) is -1.05. The van der Waals surface area contributed by atoms with Crippen molar-refractivity contribution in [3.8, 4) is 11.1 Å². The van der Waals surface area contributed by atoms with E-state index in [2.05, 4.69) is 22.8 Å². The molecule has 0 radical (unpaired) electrons. The summed E-state index contributed by atoms with van der Waals surface area (Å²) in [5.74, 6) is -2.07. The predicted octanol–water partition coefficient (Wildman–Crippen LogP) is 3.16. The van der Waals surface area contributed by atoms with Crippen molar-refractivity contribution >= 4 is 18.0 Å². The van der Waals surface area contributed by atoms with Crippen LogP contribution in [0.3, 0.4) is 0 Å². The van der Waals surface area contributed by atoms with Gasteiger partial charge < -0.3 is 25.2 Å². The number of alkyl carbamates (subject to hydrolysis) is 1. The molecule has 0 aromatic heterocycles. The molecule has 2 aromatic carbocycles. The van der Waals surface area contributed by atoms with E-state index in [1.807, 2.05) is 36.4 Å². The molecule has 0 spiro atoms. The summed E-state index contributed by atoms with van der Waals surface area (Å²) >= 11 is 0. The van der Waals surface area contributed by atoms with Gasteiger partial charge in [0.2, 0.25) is 5.91 Å². The maximum absolute atomic E-state index is 12.6. The summed E-state index contributed by atoms with van der Waals surface area (Å²) < 4.78 is 10.8. The first-order valence-corrected chi connectivity index (χ1v) is 11.0. The van der Waals surface area contributed by atoms with E-state index < -0.39 is 36.0 Å². The molecule has 3 unspecified atom stereocenters. The molecule has 1 aliphatic rings. The van der Waals surface area contributed by atoms with Crippen LogP contribution >= 0.6 is 0 Å². The quantitative estimate of drug-likeness (QED) is 0.508. The molecule has 33 heavy (non-hydrogen) atoms. The number of rotatable bonds is 10. The lowest BCUT2D eigenvalue weighted by molar-refractivity contribution is -0.141. The summed E-state index contributed by atoms with van der Waals surface area (Å²) in [5.41, 5.74) is 4.45. The number of amides is 2. The summed E-state index contributed by atoms with van der Waals surface area (Å²) in [7, 11) is 1.44. The Bertz CT molecular complexity index is 962. The zero-order chi connectivity index (χ0) is 24.0. The number of hydrogen-bond donors (Lipinski definition) is 3. The second-order valence-electron chi connectivity index (χ2n) is 8.21. The second kappa shape index (κ2) is 11.0. The molecular formula is C25H30N2O6. The van der Waals surface area contributed by atoms with Crippen LogP contribution in [-0.2, 0) is 19.1 Å². The first-order chi connectivity index (χ1) is 15.8. The van der Waals surface area contributed by atoms with Gasteiger partial charge in [0.1, 0.15) is 12.6 Å². The maximum atomic E-state index is 12.6. The lowest BCUT2D eigenvalue weighted by Gasteiger charge is -2.24. The zero-order valence-electron chi connectivity index (χ0n) is 19.0. The lowest BCUT2D eigenvalue weighted by Crippen LogP contribution is -2.53. The van der Waals surface area contributed by atoms with Crippen LogP contribution in [0.1, 0.15) is 37.3 Å². The Kier molecular flexibility index (Phi) is 8.06. The first kappa shape index (κ1) is 24.3. The number of nitrogens with one attached hydrogen (secondary N) is 2. The van der Waals surface area contributed by atoms with Gasteiger partial charge in [-0.1, -0.05) is 55.5 Å². The van der Waals surface area contributed by atoms with E-state index >= 15 is 0 Å². The molecule has 8 nitrogen and oxygen atoms in total. The van der Waals surface area contributed by atoms with Crippen molar-refractivity contribution in [3.05, 3.63) is 59.7 Å². The Morgan fingerprint density at radius 3 is 2.12 bits per heavy atom. The number of carbonyl (C=O) groups excluding carboxylic acids is 2. The standard InChI is InChI=1S/C25H30N2O6/c1-15(24(29)30)12-13-26-23(28)22(16(2)32-3)27-25(31)33-14-21-19-10-6-4-8-17(19)18-9-5-7-11-20(18)21/h4-11,15-16,21-22H,12-14H2,1-3H3,(H,26,28)(H,27,31)(H,29,30). The number of benzene rings is 2. The van der Waals surface area contributed by atoms with Gasteiger partial charge in [-0.3, -0.25) is 9.59 Å². The molecule has 0 saturated heterocycles. The third kappa shape index (κ3) is 5.70. The fourth-order valence-corrected chi connectivity index (χ4v) is 3.94. The van der Waals surface area contributed by atoms with Crippen molar-refractivity contribution in [3.63, 3.8) is 0 Å². The number of aliphatic carboxylic acids is 1. The van der Waals surface area contributed by atoms with E-state index in [9.17, 15) is 14.4 Å². The van der Waals surface area contributed by atoms with Crippen molar-refractivity contribution in [2.24, 2.45) is 5.92 Å². The van der Waals surface area contributed by atoms with Crippen LogP contribution in [0, 0.1) is 5.92 Å². The predicted molar refractivity (Wildman–Crippen MR) is 123 cm³/mol. The number of methoxy groups -OCH3 is 1. The molecule has 0 fully saturated rings. The molecule has 3 N–H and O–H groups in total. The molecule has 3 rings (SSSR count). The van der Waals surface area contributed by atoms with Gasteiger partial charge in [-0.05, 0) is 35.6 Å². The number of hydrogen-bond acceptors (Lipinski definition) is 5. The van der Waals surface area contributed by atoms with Crippen LogP contribution < -0.4 is 10.6 Å². The van der Waals surface area contributed by atoms with E-state index in [1.165, 1.54) is 7.11 Å². The fourth-order valence-electron chi connectivity index (χ4n) is 3.94. The Morgan fingerprint density at radius 2 is 1.58 bits per heavy atom. The number of fused-ring (bicyclic) bond motifs is 3. The van der Waals surface area contributed by atoms with E-state index in [4.69, 9.17) is 14.6 Å². The van der Waals surface area contributed by atoms with Gasteiger partial charge in [-0.2, -0.15) is 0 Å². The van der Waals surface area contributed by atoms with Gasteiger partial charge in [0.25, 0.3) is 0 Å². The van der Waals surface area contributed by atoms with Crippen molar-refractivity contribution in [2.45, 2.75) is 38.3 Å². The molecule has 0 saturated carbocycles. The normalized spacial score (nSPS) is 15.0. The SMILES string of the molecule is COC(C)C(NC(=O)OCC1c2ccccc2-c2ccccc21)C(=O)NCCC(C)C(=O)O. The minimum absolute atomic E-state index is 0.0900. The average molecular weight is 455 g/mol. The van der Waals surface area contributed by atoms with Gasteiger partial charge in [0.05, 0.1) is 12.0 Å². The smallest absolute Gasteiger partial charge is 0.407 e. The Morgan fingerprint density at radius 1 is 1.00 bits per heavy atom. The molecule has 1 aliphatic carbocycles. The maximum Gasteiger partial charge on any atom is 0.407 e. The minimum Gasteiger partial charge on any atom is -0.481 e. The number of carboxylic acid groups (broad SMARTS) is 1. The highest BCUT2D eigenvalue weighted by atomic mass is 16.5. The topological polar surface area (TPSA) is 114 Å². The Balaban J connectivity index is 1.61. The van der Waals surface area contributed by atoms with E-state index in [-0.39, 0.29) is 25.5 Å². The van der Waals surface area contributed by atoms with Crippen molar-refractivity contribution < 1.29 is 29.0 Å². The van der Waals surface area contributed by atoms with Crippen molar-refractivity contribution in [1.29, 1.82) is 0 Å². The Hall–Kier alpha value is -3.39. The van der Waals surface area contributed by atoms with Crippen LogP contribution in [0.15, 0.2) is 48.5 Å². The molecule has 0 heterocycles. The molecule has 176 valence electrons. The molecule has 2 amide bonds. The van der Waals surface area contributed by atoms with Gasteiger partial charge in [-0.25, -0.2) is 4.79 Å². The van der Waals surface area contributed by atoms with Crippen LogP contribution in [0.25, 0.3) is 11.1 Å². The molecule has 8 heteroatoms. The van der Waals surface area contributed by atoms with E-state index in [0.29, 0.717) is 0 Å². The molecule has 2 aromatic rings. The number of carbonyl (C=O) groups is 3. The van der Waals surface area contributed by atoms with Crippen LogP contribution in [0.2, 0.25) is 0 Å². The summed E-state index contributed by atoms with van der Waals surface area (Å²) in [4.78, 5) is 36.1. The first-order valence-electron chi connectivity index (χ1n) is 11.0. The molecule has 0 bridgehead atoms. The summed E-state index contributed by atoms with van der Waals surface area (Å²) in [6, 6.07) is 15.1.